The number of nitrogens with zero attached hydrogens (tertiary/aromatic N) is 4. The molecule has 1 N–H and O–H groups in total. The molecule has 1 aromatic carbocycles. The normalized spacial score (nSPS) is 11.1. The summed E-state index contributed by atoms with van der Waals surface area (Å²) in [5.74, 6) is 1.17. The molecule has 0 bridgehead atoms. The van der Waals surface area contributed by atoms with Gasteiger partial charge in [0.2, 0.25) is 5.76 Å². The quantitative estimate of drug-likeness (QED) is 0.463. The Morgan fingerprint density at radius 2 is 2.03 bits per heavy atom. The fourth-order valence-electron chi connectivity index (χ4n) is 3.04. The lowest BCUT2D eigenvalue weighted by Crippen LogP contribution is -2.20. The largest absolute Gasteiger partial charge is 0.493 e. The zero-order valence-corrected chi connectivity index (χ0v) is 17.8. The summed E-state index contributed by atoms with van der Waals surface area (Å²) in [6, 6.07) is 8.66. The van der Waals surface area contributed by atoms with Crippen LogP contribution in [0.5, 0.6) is 11.5 Å². The zero-order chi connectivity index (χ0) is 22.2. The van der Waals surface area contributed by atoms with Crippen LogP contribution in [0.2, 0.25) is 0 Å². The van der Waals surface area contributed by atoms with Gasteiger partial charge in [-0.2, -0.15) is 0 Å². The molecule has 0 aliphatic rings. The third-order valence-electron chi connectivity index (χ3n) is 4.57. The van der Waals surface area contributed by atoms with Gasteiger partial charge in [-0.05, 0) is 36.9 Å². The number of carboxylic acid groups (broad SMARTS) is 1. The van der Waals surface area contributed by atoms with Gasteiger partial charge < -0.3 is 28.3 Å². The minimum atomic E-state index is -1.12. The van der Waals surface area contributed by atoms with E-state index in [-0.39, 0.29) is 12.4 Å². The number of carbonyl (C=O) groups is 1. The lowest BCUT2D eigenvalue weighted by Gasteiger charge is -2.18. The molecule has 0 unspecified atom stereocenters. The first kappa shape index (κ1) is 22.3. The zero-order valence-electron chi connectivity index (χ0n) is 17.8. The third-order valence-corrected chi connectivity index (χ3v) is 4.57. The molecule has 166 valence electrons. The van der Waals surface area contributed by atoms with Gasteiger partial charge in [-0.15, -0.1) is 10.2 Å². The summed E-state index contributed by atoms with van der Waals surface area (Å²) in [5.41, 5.74) is 1.04. The molecule has 3 aromatic rings. The van der Waals surface area contributed by atoms with Crippen LogP contribution in [-0.2, 0) is 31.0 Å². The summed E-state index contributed by atoms with van der Waals surface area (Å²) in [6.07, 6.45) is 1.70. The summed E-state index contributed by atoms with van der Waals surface area (Å²) >= 11 is 0. The van der Waals surface area contributed by atoms with Gasteiger partial charge in [-0.25, -0.2) is 4.79 Å². The highest BCUT2D eigenvalue weighted by Gasteiger charge is 2.13. The standard InChI is InChI=1S/C21H26N4O6/c1-24(12-20-23-22-14-25(20)8-9-28-2)11-15-4-6-17(19(10-15)29-3)30-13-16-5-7-18(31-16)21(26)27/h4-7,10,14H,8-9,11-13H2,1-3H3,(H,26,27). The van der Waals surface area contributed by atoms with Gasteiger partial charge in [0, 0.05) is 20.2 Å². The topological polar surface area (TPSA) is 112 Å². The summed E-state index contributed by atoms with van der Waals surface area (Å²) in [6.45, 7) is 2.71. The van der Waals surface area contributed by atoms with Gasteiger partial charge in [0.05, 0.1) is 20.3 Å². The molecule has 0 atom stereocenters. The van der Waals surface area contributed by atoms with Crippen molar-refractivity contribution in [1.82, 2.24) is 19.7 Å². The highest BCUT2D eigenvalue weighted by Crippen LogP contribution is 2.29. The van der Waals surface area contributed by atoms with Gasteiger partial charge in [-0.1, -0.05) is 6.07 Å². The number of furan rings is 1. The van der Waals surface area contributed by atoms with Crippen LogP contribution in [0.3, 0.4) is 0 Å². The Bertz CT molecular complexity index is 999. The second-order valence-corrected chi connectivity index (χ2v) is 6.95. The van der Waals surface area contributed by atoms with Crippen molar-refractivity contribution in [2.45, 2.75) is 26.2 Å². The summed E-state index contributed by atoms with van der Waals surface area (Å²) in [7, 11) is 5.24. The number of carboxylic acids is 1. The molecule has 10 heteroatoms. The first-order valence-electron chi connectivity index (χ1n) is 9.66. The van der Waals surface area contributed by atoms with E-state index in [4.69, 9.17) is 23.7 Å². The second kappa shape index (κ2) is 10.6. The van der Waals surface area contributed by atoms with E-state index in [0.717, 1.165) is 11.4 Å². The van der Waals surface area contributed by atoms with Crippen LogP contribution in [0, 0.1) is 0 Å². The Morgan fingerprint density at radius 1 is 1.19 bits per heavy atom. The van der Waals surface area contributed by atoms with Crippen molar-refractivity contribution >= 4 is 5.97 Å². The molecular weight excluding hydrogens is 404 g/mol. The molecule has 0 saturated carbocycles. The molecule has 2 aromatic heterocycles. The maximum Gasteiger partial charge on any atom is 0.371 e. The summed E-state index contributed by atoms with van der Waals surface area (Å²) in [4.78, 5) is 13.0. The molecule has 3 rings (SSSR count). The third kappa shape index (κ3) is 6.06. The van der Waals surface area contributed by atoms with Gasteiger partial charge in [0.1, 0.15) is 24.5 Å². The number of aromatic carboxylic acids is 1. The molecule has 0 radical (unpaired) electrons. The van der Waals surface area contributed by atoms with Gasteiger partial charge >= 0.3 is 5.97 Å². The minimum absolute atomic E-state index is 0.0972. The molecular formula is C21H26N4O6. The molecule has 31 heavy (non-hydrogen) atoms. The predicted molar refractivity (Wildman–Crippen MR) is 110 cm³/mol. The maximum atomic E-state index is 10.9. The van der Waals surface area contributed by atoms with E-state index in [1.165, 1.54) is 6.07 Å². The maximum absolute atomic E-state index is 10.9. The Labute approximate surface area is 180 Å². The van der Waals surface area contributed by atoms with E-state index >= 15 is 0 Å². The van der Waals surface area contributed by atoms with Crippen LogP contribution in [-0.4, -0.2) is 58.6 Å². The fraction of sp³-hybridized carbons (Fsp3) is 0.381. The molecule has 0 saturated heterocycles. The Kier molecular flexibility index (Phi) is 7.63. The predicted octanol–water partition coefficient (Wildman–Crippen LogP) is 2.44. The smallest absolute Gasteiger partial charge is 0.371 e. The number of methoxy groups -OCH3 is 2. The van der Waals surface area contributed by atoms with Crippen molar-refractivity contribution < 1.29 is 28.5 Å². The molecule has 0 spiro atoms. The van der Waals surface area contributed by atoms with Crippen molar-refractivity contribution in [3.63, 3.8) is 0 Å². The highest BCUT2D eigenvalue weighted by molar-refractivity contribution is 5.84. The van der Waals surface area contributed by atoms with E-state index < -0.39 is 5.97 Å². The molecule has 2 heterocycles. The van der Waals surface area contributed by atoms with E-state index in [0.29, 0.717) is 43.5 Å². The Balaban J connectivity index is 1.60. The van der Waals surface area contributed by atoms with Crippen LogP contribution in [0.1, 0.15) is 27.7 Å². The second-order valence-electron chi connectivity index (χ2n) is 6.95. The van der Waals surface area contributed by atoms with Crippen molar-refractivity contribution in [2.75, 3.05) is 27.9 Å². The lowest BCUT2D eigenvalue weighted by atomic mass is 10.2. The summed E-state index contributed by atoms with van der Waals surface area (Å²) in [5, 5.41) is 17.1. The summed E-state index contributed by atoms with van der Waals surface area (Å²) < 4.78 is 23.5. The van der Waals surface area contributed by atoms with Crippen LogP contribution < -0.4 is 9.47 Å². The lowest BCUT2D eigenvalue weighted by molar-refractivity contribution is 0.0658. The Hall–Kier alpha value is -3.37. The highest BCUT2D eigenvalue weighted by atomic mass is 16.5. The van der Waals surface area contributed by atoms with Gasteiger partial charge in [0.15, 0.2) is 11.5 Å². The number of aromatic nitrogens is 3. The van der Waals surface area contributed by atoms with Gasteiger partial charge in [0.25, 0.3) is 0 Å². The number of hydrogen-bond donors (Lipinski definition) is 1. The van der Waals surface area contributed by atoms with E-state index in [2.05, 4.69) is 15.1 Å². The fourth-order valence-corrected chi connectivity index (χ4v) is 3.04. The van der Waals surface area contributed by atoms with Crippen LogP contribution in [0.25, 0.3) is 0 Å². The van der Waals surface area contributed by atoms with Crippen LogP contribution in [0.15, 0.2) is 41.1 Å². The van der Waals surface area contributed by atoms with Crippen molar-refractivity contribution in [1.29, 1.82) is 0 Å². The number of hydrogen-bond acceptors (Lipinski definition) is 8. The first-order chi connectivity index (χ1) is 15.0. The van der Waals surface area contributed by atoms with E-state index in [9.17, 15) is 4.79 Å². The number of rotatable bonds is 12. The first-order valence-corrected chi connectivity index (χ1v) is 9.66. The van der Waals surface area contributed by atoms with Crippen molar-refractivity contribution in [3.05, 3.63) is 59.6 Å². The average molecular weight is 430 g/mol. The minimum Gasteiger partial charge on any atom is -0.493 e. The molecule has 10 nitrogen and oxygen atoms in total. The van der Waals surface area contributed by atoms with Crippen LogP contribution in [0.4, 0.5) is 0 Å². The molecule has 0 amide bonds. The number of ether oxygens (including phenoxy) is 3. The number of benzene rings is 1. The van der Waals surface area contributed by atoms with Crippen LogP contribution >= 0.6 is 0 Å². The van der Waals surface area contributed by atoms with Crippen molar-refractivity contribution in [3.8, 4) is 11.5 Å². The van der Waals surface area contributed by atoms with E-state index in [1.807, 2.05) is 29.8 Å². The van der Waals surface area contributed by atoms with E-state index in [1.54, 1.807) is 26.6 Å². The van der Waals surface area contributed by atoms with Gasteiger partial charge in [-0.3, -0.25) is 4.90 Å². The molecule has 0 fully saturated rings. The Morgan fingerprint density at radius 3 is 2.74 bits per heavy atom. The monoisotopic (exact) mass is 430 g/mol. The molecule has 0 aliphatic heterocycles. The average Bonchev–Trinajstić information content (AvgIpc) is 3.40. The van der Waals surface area contributed by atoms with Crippen molar-refractivity contribution in [2.24, 2.45) is 0 Å². The molecule has 0 aliphatic carbocycles. The SMILES string of the molecule is COCCn1cnnc1CN(C)Cc1ccc(OCc2ccc(C(=O)O)o2)c(OC)c1.